The van der Waals surface area contributed by atoms with Crippen LogP contribution in [0.1, 0.15) is 53.5 Å². The molecule has 38 heavy (non-hydrogen) atoms. The number of nitrogens with one attached hydrogen (secondary N) is 1. The van der Waals surface area contributed by atoms with Gasteiger partial charge in [-0.05, 0) is 55.9 Å². The molecule has 3 aromatic rings. The van der Waals surface area contributed by atoms with E-state index in [-0.39, 0.29) is 42.4 Å². The van der Waals surface area contributed by atoms with Crippen LogP contribution in [0.5, 0.6) is 0 Å². The van der Waals surface area contributed by atoms with Gasteiger partial charge in [-0.1, -0.05) is 30.3 Å². The molecule has 1 aromatic heterocycles. The van der Waals surface area contributed by atoms with Crippen molar-refractivity contribution in [1.82, 2.24) is 19.7 Å². The maximum atomic E-state index is 13.5. The van der Waals surface area contributed by atoms with Crippen molar-refractivity contribution in [2.45, 2.75) is 50.9 Å². The number of nitrogens with zero attached hydrogens (tertiary/aromatic N) is 4. The molecular formula is C30H33N5O3. The van der Waals surface area contributed by atoms with Crippen LogP contribution in [0.4, 0.5) is 5.69 Å². The molecule has 2 fully saturated rings. The lowest BCUT2D eigenvalue weighted by atomic mass is 9.96. The maximum absolute atomic E-state index is 13.5. The minimum absolute atomic E-state index is 0.0252. The number of likely N-dealkylation sites (tertiary alicyclic amines) is 1. The molecule has 1 aliphatic carbocycles. The van der Waals surface area contributed by atoms with E-state index >= 15 is 0 Å². The molecule has 4 heterocycles. The van der Waals surface area contributed by atoms with Gasteiger partial charge in [-0.15, -0.1) is 0 Å². The molecule has 8 heteroatoms. The molecule has 3 aliphatic heterocycles. The third-order valence-corrected chi connectivity index (χ3v) is 8.80. The first kappa shape index (κ1) is 23.3. The van der Waals surface area contributed by atoms with Crippen LogP contribution in [0.15, 0.2) is 48.5 Å². The highest BCUT2D eigenvalue weighted by Gasteiger charge is 2.43. The zero-order valence-corrected chi connectivity index (χ0v) is 21.7. The van der Waals surface area contributed by atoms with Crippen LogP contribution in [0.2, 0.25) is 0 Å². The summed E-state index contributed by atoms with van der Waals surface area (Å²) in [5, 5.41) is 4.40. The van der Waals surface area contributed by atoms with Gasteiger partial charge in [0.1, 0.15) is 12.7 Å². The van der Waals surface area contributed by atoms with E-state index in [2.05, 4.69) is 26.9 Å². The number of para-hydroxylation sites is 2. The van der Waals surface area contributed by atoms with Gasteiger partial charge in [0.15, 0.2) is 0 Å². The average molecular weight is 512 g/mol. The van der Waals surface area contributed by atoms with E-state index in [4.69, 9.17) is 0 Å². The van der Waals surface area contributed by atoms with Crippen molar-refractivity contribution >= 4 is 34.3 Å². The van der Waals surface area contributed by atoms with Crippen LogP contribution < -0.4 is 10.2 Å². The largest absolute Gasteiger partial charge is 0.352 e. The van der Waals surface area contributed by atoms with Gasteiger partial charge in [0.2, 0.25) is 11.8 Å². The fraction of sp³-hybridized carbons (Fsp3) is 0.433. The molecule has 1 atom stereocenters. The summed E-state index contributed by atoms with van der Waals surface area (Å²) in [5.41, 5.74) is 4.92. The van der Waals surface area contributed by atoms with Crippen LogP contribution in [-0.2, 0) is 22.6 Å². The van der Waals surface area contributed by atoms with E-state index in [1.807, 2.05) is 53.2 Å². The quantitative estimate of drug-likeness (QED) is 0.583. The number of fused-ring (bicyclic) bond motifs is 6. The summed E-state index contributed by atoms with van der Waals surface area (Å²) in [6.45, 7) is 2.27. The molecule has 0 bridgehead atoms. The highest BCUT2D eigenvalue weighted by atomic mass is 16.2. The van der Waals surface area contributed by atoms with Crippen LogP contribution in [0.25, 0.3) is 10.9 Å². The Morgan fingerprint density at radius 3 is 2.47 bits per heavy atom. The molecule has 0 radical (unpaired) electrons. The summed E-state index contributed by atoms with van der Waals surface area (Å²) in [4.78, 5) is 45.5. The van der Waals surface area contributed by atoms with E-state index in [9.17, 15) is 14.4 Å². The minimum Gasteiger partial charge on any atom is -0.352 e. The Labute approximate surface area is 222 Å². The molecule has 3 amide bonds. The number of benzene rings is 2. The van der Waals surface area contributed by atoms with E-state index in [0.717, 1.165) is 60.0 Å². The Morgan fingerprint density at radius 1 is 0.947 bits per heavy atom. The van der Waals surface area contributed by atoms with Gasteiger partial charge >= 0.3 is 0 Å². The normalized spacial score (nSPS) is 21.2. The summed E-state index contributed by atoms with van der Waals surface area (Å²) in [6, 6.07) is 16.1. The van der Waals surface area contributed by atoms with Gasteiger partial charge in [-0.2, -0.15) is 0 Å². The van der Waals surface area contributed by atoms with Gasteiger partial charge in [0, 0.05) is 49.5 Å². The predicted molar refractivity (Wildman–Crippen MR) is 145 cm³/mol. The number of anilines is 1. The number of hydrogen-bond donors (Lipinski definition) is 1. The topological polar surface area (TPSA) is 77.9 Å². The van der Waals surface area contributed by atoms with Crippen molar-refractivity contribution in [1.29, 1.82) is 0 Å². The Bertz CT molecular complexity index is 1450. The second-order valence-electron chi connectivity index (χ2n) is 11.2. The zero-order chi connectivity index (χ0) is 26.0. The number of hydrogen-bond acceptors (Lipinski definition) is 4. The molecule has 196 valence electrons. The lowest BCUT2D eigenvalue weighted by Crippen LogP contribution is -2.52. The van der Waals surface area contributed by atoms with Crippen molar-refractivity contribution in [2.24, 2.45) is 5.92 Å². The third-order valence-electron chi connectivity index (χ3n) is 8.80. The number of aromatic nitrogens is 1. The van der Waals surface area contributed by atoms with Crippen molar-refractivity contribution in [3.63, 3.8) is 0 Å². The second kappa shape index (κ2) is 8.89. The van der Waals surface area contributed by atoms with E-state index in [1.54, 1.807) is 0 Å². The highest BCUT2D eigenvalue weighted by molar-refractivity contribution is 6.02. The molecule has 1 saturated carbocycles. The SMILES string of the molecule is CN1c2ccccc2C(=O)N2CCc3c(n(CC(=O)NC4CCN(C(=O)C5CC5)CC4)c4ccccc34)C21. The number of carbonyl (C=O) groups is 3. The summed E-state index contributed by atoms with van der Waals surface area (Å²) in [5.74, 6) is 0.550. The van der Waals surface area contributed by atoms with Gasteiger partial charge in [-0.3, -0.25) is 14.4 Å². The number of piperidine rings is 1. The van der Waals surface area contributed by atoms with E-state index in [0.29, 0.717) is 19.6 Å². The first-order valence-electron chi connectivity index (χ1n) is 13.8. The summed E-state index contributed by atoms with van der Waals surface area (Å²) in [7, 11) is 2.04. The fourth-order valence-corrected chi connectivity index (χ4v) is 6.73. The third kappa shape index (κ3) is 3.68. The molecule has 1 N–H and O–H groups in total. The summed E-state index contributed by atoms with van der Waals surface area (Å²) < 4.78 is 2.13. The maximum Gasteiger partial charge on any atom is 0.257 e. The van der Waals surface area contributed by atoms with Gasteiger partial charge in [-0.25, -0.2) is 0 Å². The number of rotatable bonds is 4. The van der Waals surface area contributed by atoms with Gasteiger partial charge < -0.3 is 24.6 Å². The molecular weight excluding hydrogens is 478 g/mol. The Hall–Kier alpha value is -3.81. The molecule has 8 nitrogen and oxygen atoms in total. The first-order chi connectivity index (χ1) is 18.5. The summed E-state index contributed by atoms with van der Waals surface area (Å²) in [6.07, 6.45) is 4.12. The smallest absolute Gasteiger partial charge is 0.257 e. The van der Waals surface area contributed by atoms with E-state index in [1.165, 1.54) is 5.56 Å². The molecule has 2 aromatic carbocycles. The van der Waals surface area contributed by atoms with Crippen molar-refractivity contribution in [2.75, 3.05) is 31.6 Å². The zero-order valence-electron chi connectivity index (χ0n) is 21.7. The van der Waals surface area contributed by atoms with Crippen LogP contribution >= 0.6 is 0 Å². The minimum atomic E-state index is -0.266. The standard InChI is InChI=1S/C30H33N5O3/c1-32-24-8-4-3-7-23(24)30(38)34-17-14-22-21-6-2-5-9-25(21)35(27(22)28(32)34)18-26(36)31-20-12-15-33(16-13-20)29(37)19-10-11-19/h2-9,19-20,28H,10-18H2,1H3,(H,31,36). The Morgan fingerprint density at radius 2 is 1.68 bits per heavy atom. The molecule has 1 unspecified atom stereocenters. The van der Waals surface area contributed by atoms with Crippen molar-refractivity contribution in [3.8, 4) is 0 Å². The lowest BCUT2D eigenvalue weighted by Gasteiger charge is -2.46. The van der Waals surface area contributed by atoms with Crippen LogP contribution in [-0.4, -0.2) is 64.8 Å². The Kier molecular flexibility index (Phi) is 5.46. The lowest BCUT2D eigenvalue weighted by molar-refractivity contribution is -0.133. The number of carbonyl (C=O) groups excluding carboxylic acids is 3. The summed E-state index contributed by atoms with van der Waals surface area (Å²) >= 11 is 0. The second-order valence-corrected chi connectivity index (χ2v) is 11.2. The first-order valence-corrected chi connectivity index (χ1v) is 13.8. The molecule has 7 rings (SSSR count). The molecule has 4 aliphatic rings. The number of amides is 3. The van der Waals surface area contributed by atoms with Crippen LogP contribution in [0, 0.1) is 5.92 Å². The van der Waals surface area contributed by atoms with Gasteiger partial charge in [0.25, 0.3) is 5.91 Å². The fourth-order valence-electron chi connectivity index (χ4n) is 6.73. The van der Waals surface area contributed by atoms with Crippen molar-refractivity contribution < 1.29 is 14.4 Å². The molecule has 1 saturated heterocycles. The monoisotopic (exact) mass is 511 g/mol. The van der Waals surface area contributed by atoms with E-state index < -0.39 is 0 Å². The Balaban J connectivity index is 1.17. The molecule has 0 spiro atoms. The van der Waals surface area contributed by atoms with Crippen LogP contribution in [0.3, 0.4) is 0 Å². The van der Waals surface area contributed by atoms with Gasteiger partial charge in [0.05, 0.1) is 16.9 Å². The average Bonchev–Trinajstić information content (AvgIpc) is 3.75. The highest BCUT2D eigenvalue weighted by Crippen LogP contribution is 2.44. The van der Waals surface area contributed by atoms with Crippen molar-refractivity contribution in [3.05, 3.63) is 65.4 Å². The predicted octanol–water partition coefficient (Wildman–Crippen LogP) is 3.31.